The number of nitrogens with zero attached hydrogens (tertiary/aromatic N) is 2. The maximum atomic E-state index is 11.1. The van der Waals surface area contributed by atoms with Gasteiger partial charge in [0, 0.05) is 19.8 Å². The van der Waals surface area contributed by atoms with Crippen LogP contribution in [0.15, 0.2) is 23.4 Å². The molecule has 0 heterocycles. The summed E-state index contributed by atoms with van der Waals surface area (Å²) in [6.07, 6.45) is 2.67. The van der Waals surface area contributed by atoms with E-state index < -0.39 is 12.2 Å². The van der Waals surface area contributed by atoms with Crippen LogP contribution in [0.3, 0.4) is 0 Å². The molecule has 1 aromatic carbocycles. The summed E-state index contributed by atoms with van der Waals surface area (Å²) in [5, 5.41) is 24.1. The molecular formula is C20H32N2O3. The molecule has 2 rings (SSSR count). The van der Waals surface area contributed by atoms with Crippen molar-refractivity contribution in [1.82, 2.24) is 0 Å². The number of rotatable bonds is 8. The van der Waals surface area contributed by atoms with E-state index in [1.165, 1.54) is 0 Å². The summed E-state index contributed by atoms with van der Waals surface area (Å²) in [5.74, 6) is 0.196. The van der Waals surface area contributed by atoms with Crippen molar-refractivity contribution in [2.24, 2.45) is 17.0 Å². The molecule has 1 aromatic rings. The molecule has 5 nitrogen and oxygen atoms in total. The van der Waals surface area contributed by atoms with Crippen molar-refractivity contribution in [2.45, 2.75) is 64.2 Å². The Morgan fingerprint density at radius 3 is 2.56 bits per heavy atom. The molecular weight excluding hydrogens is 316 g/mol. The average molecular weight is 348 g/mol. The normalized spacial score (nSPS) is 27.3. The summed E-state index contributed by atoms with van der Waals surface area (Å²) in [7, 11) is 4.01. The first-order valence-corrected chi connectivity index (χ1v) is 9.35. The second-order valence-corrected chi connectivity index (χ2v) is 7.63. The largest absolute Gasteiger partial charge is 0.393 e. The lowest BCUT2D eigenvalue weighted by Crippen LogP contribution is -2.22. The fourth-order valence-corrected chi connectivity index (χ4v) is 4.34. The van der Waals surface area contributed by atoms with Crippen LogP contribution in [0.1, 0.15) is 56.3 Å². The Hall–Kier alpha value is -1.46. The number of hydrogen-bond donors (Lipinski definition) is 2. The zero-order valence-electron chi connectivity index (χ0n) is 15.9. The Balaban J connectivity index is 2.03. The molecule has 0 aromatic heterocycles. The molecule has 25 heavy (non-hydrogen) atoms. The molecule has 0 aliphatic heterocycles. The molecule has 0 radical (unpaired) electrons. The van der Waals surface area contributed by atoms with E-state index in [1.54, 1.807) is 0 Å². The van der Waals surface area contributed by atoms with Gasteiger partial charge in [-0.05, 0) is 61.6 Å². The molecule has 0 amide bonds. The third-order valence-corrected chi connectivity index (χ3v) is 5.64. The van der Waals surface area contributed by atoms with E-state index in [0.717, 1.165) is 29.7 Å². The molecule has 0 saturated heterocycles. The minimum absolute atomic E-state index is 0.0734. The van der Waals surface area contributed by atoms with Crippen molar-refractivity contribution in [3.05, 3.63) is 34.2 Å². The van der Waals surface area contributed by atoms with Crippen molar-refractivity contribution in [3.8, 4) is 0 Å². The smallest absolute Gasteiger partial charge is 0.0976 e. The maximum absolute atomic E-state index is 11.1. The Morgan fingerprint density at radius 2 is 2.00 bits per heavy atom. The molecule has 1 fully saturated rings. The van der Waals surface area contributed by atoms with Gasteiger partial charge in [0.25, 0.3) is 0 Å². The highest BCUT2D eigenvalue weighted by molar-refractivity contribution is 5.53. The number of aryl methyl sites for hydroxylation is 1. The molecule has 2 N–H and O–H groups in total. The summed E-state index contributed by atoms with van der Waals surface area (Å²) in [6.45, 7) is 4.14. The summed E-state index contributed by atoms with van der Waals surface area (Å²) in [5.41, 5.74) is 3.18. The molecule has 1 saturated carbocycles. The van der Waals surface area contributed by atoms with Crippen LogP contribution in [0.5, 0.6) is 0 Å². The van der Waals surface area contributed by atoms with Gasteiger partial charge < -0.3 is 15.1 Å². The summed E-state index contributed by atoms with van der Waals surface area (Å²) in [4.78, 5) is 13.2. The van der Waals surface area contributed by atoms with Gasteiger partial charge in [-0.15, -0.1) is 0 Å². The second kappa shape index (κ2) is 8.77. The van der Waals surface area contributed by atoms with Crippen LogP contribution in [0, 0.1) is 23.7 Å². The van der Waals surface area contributed by atoms with Crippen molar-refractivity contribution in [2.75, 3.05) is 19.0 Å². The highest BCUT2D eigenvalue weighted by Crippen LogP contribution is 2.41. The van der Waals surface area contributed by atoms with Crippen LogP contribution < -0.4 is 4.90 Å². The number of benzene rings is 1. The molecule has 1 aliphatic carbocycles. The minimum atomic E-state index is -0.553. The van der Waals surface area contributed by atoms with Crippen molar-refractivity contribution in [3.63, 3.8) is 0 Å². The second-order valence-electron chi connectivity index (χ2n) is 7.63. The lowest BCUT2D eigenvalue weighted by Gasteiger charge is -2.24. The molecule has 0 spiro atoms. The zero-order valence-corrected chi connectivity index (χ0v) is 15.9. The quantitative estimate of drug-likeness (QED) is 0.701. The Labute approximate surface area is 151 Å². The monoisotopic (exact) mass is 348 g/mol. The molecule has 5 heteroatoms. The summed E-state index contributed by atoms with van der Waals surface area (Å²) >= 11 is 0. The van der Waals surface area contributed by atoms with E-state index in [4.69, 9.17) is 0 Å². The van der Waals surface area contributed by atoms with Crippen molar-refractivity contribution in [1.29, 1.82) is 0 Å². The van der Waals surface area contributed by atoms with Gasteiger partial charge in [-0.3, -0.25) is 0 Å². The summed E-state index contributed by atoms with van der Waals surface area (Å²) in [6, 6.07) is 5.71. The van der Waals surface area contributed by atoms with E-state index in [0.29, 0.717) is 19.3 Å². The average Bonchev–Trinajstić information content (AvgIpc) is 2.88. The standard InChI is InChI=1S/C20H32N2O3/c1-5-6-16-15(17(21-25)12-20(16)24)8-10-19(23)14-7-9-18(22(3)4)13(2)11-14/h7,9,11,15-17,19-20,23-24H,5-6,8,10,12H2,1-4H3/t15?,16-,17-,19?,20+/m1/s1. The number of hydrogen-bond acceptors (Lipinski definition) is 5. The zero-order chi connectivity index (χ0) is 18.6. The predicted octanol–water partition coefficient (Wildman–Crippen LogP) is 3.81. The van der Waals surface area contributed by atoms with Crippen LogP contribution in [-0.4, -0.2) is 36.5 Å². The molecule has 5 atom stereocenters. The van der Waals surface area contributed by atoms with E-state index in [2.05, 4.69) is 17.0 Å². The lowest BCUT2D eigenvalue weighted by molar-refractivity contribution is 0.0998. The first-order valence-electron chi connectivity index (χ1n) is 9.35. The first-order chi connectivity index (χ1) is 11.9. The van der Waals surface area contributed by atoms with Gasteiger partial charge in [-0.25, -0.2) is 0 Å². The molecule has 1 aliphatic rings. The van der Waals surface area contributed by atoms with Gasteiger partial charge >= 0.3 is 0 Å². The van der Waals surface area contributed by atoms with Gasteiger partial charge in [0.05, 0.1) is 18.2 Å². The van der Waals surface area contributed by atoms with Crippen molar-refractivity contribution >= 4 is 5.69 Å². The highest BCUT2D eigenvalue weighted by Gasteiger charge is 2.42. The number of aliphatic hydroxyl groups is 2. The Morgan fingerprint density at radius 1 is 1.28 bits per heavy atom. The number of nitroso groups, excluding NO2 is 1. The van der Waals surface area contributed by atoms with E-state index in [-0.39, 0.29) is 17.9 Å². The van der Waals surface area contributed by atoms with Gasteiger partial charge in [-0.2, -0.15) is 4.91 Å². The van der Waals surface area contributed by atoms with E-state index in [9.17, 15) is 15.1 Å². The molecule has 0 bridgehead atoms. The maximum Gasteiger partial charge on any atom is 0.0976 e. The number of anilines is 1. The first kappa shape index (κ1) is 19.9. The van der Waals surface area contributed by atoms with Gasteiger partial charge in [0.2, 0.25) is 0 Å². The van der Waals surface area contributed by atoms with Crippen molar-refractivity contribution < 1.29 is 10.2 Å². The Bertz CT molecular complexity index is 576. The van der Waals surface area contributed by atoms with Gasteiger partial charge in [0.1, 0.15) is 0 Å². The number of aliphatic hydroxyl groups excluding tert-OH is 2. The summed E-state index contributed by atoms with van der Waals surface area (Å²) < 4.78 is 0. The SMILES string of the molecule is CCC[C@@H]1C(CCC(O)c2ccc(N(C)C)c(C)c2)[C@H](N=O)C[C@@H]1O. The topological polar surface area (TPSA) is 73.1 Å². The van der Waals surface area contributed by atoms with Crippen LogP contribution in [0.2, 0.25) is 0 Å². The third-order valence-electron chi connectivity index (χ3n) is 5.64. The van der Waals surface area contributed by atoms with Gasteiger partial charge in [0.15, 0.2) is 0 Å². The Kier molecular flexibility index (Phi) is 6.96. The third kappa shape index (κ3) is 4.59. The lowest BCUT2D eigenvalue weighted by atomic mass is 9.84. The molecule has 2 unspecified atom stereocenters. The fourth-order valence-electron chi connectivity index (χ4n) is 4.34. The van der Waals surface area contributed by atoms with Crippen LogP contribution in [0.4, 0.5) is 5.69 Å². The predicted molar refractivity (Wildman–Crippen MR) is 102 cm³/mol. The minimum Gasteiger partial charge on any atom is -0.393 e. The van der Waals surface area contributed by atoms with E-state index >= 15 is 0 Å². The van der Waals surface area contributed by atoms with Gasteiger partial charge in [-0.1, -0.05) is 30.7 Å². The fraction of sp³-hybridized carbons (Fsp3) is 0.700. The molecule has 140 valence electrons. The van der Waals surface area contributed by atoms with Crippen LogP contribution >= 0.6 is 0 Å². The van der Waals surface area contributed by atoms with E-state index in [1.807, 2.05) is 39.2 Å². The van der Waals surface area contributed by atoms with Crippen LogP contribution in [-0.2, 0) is 0 Å². The van der Waals surface area contributed by atoms with Crippen LogP contribution in [0.25, 0.3) is 0 Å². The highest BCUT2D eigenvalue weighted by atomic mass is 16.3.